The highest BCUT2D eigenvalue weighted by atomic mass is 16.2. The minimum Gasteiger partial charge on any atom is -0.365 e. The summed E-state index contributed by atoms with van der Waals surface area (Å²) in [6.45, 7) is 0. The van der Waals surface area contributed by atoms with Gasteiger partial charge in [-0.15, -0.1) is 0 Å². The van der Waals surface area contributed by atoms with E-state index < -0.39 is 11.8 Å². The third-order valence-electron chi connectivity index (χ3n) is 2.45. The van der Waals surface area contributed by atoms with Crippen LogP contribution in [0.4, 0.5) is 0 Å². The van der Waals surface area contributed by atoms with Crippen molar-refractivity contribution in [3.8, 4) is 0 Å². The van der Waals surface area contributed by atoms with Crippen LogP contribution in [-0.2, 0) is 0 Å². The summed E-state index contributed by atoms with van der Waals surface area (Å²) in [6, 6.07) is 3.36. The van der Waals surface area contributed by atoms with Crippen LogP contribution < -0.4 is 11.5 Å². The molecule has 0 spiro atoms. The molecule has 3 heterocycles. The molecule has 3 aromatic heterocycles. The lowest BCUT2D eigenvalue weighted by Crippen LogP contribution is -2.19. The van der Waals surface area contributed by atoms with E-state index in [0.29, 0.717) is 11.0 Å². The number of imidazole rings is 1. The van der Waals surface area contributed by atoms with Gasteiger partial charge in [0.1, 0.15) is 11.2 Å². The maximum atomic E-state index is 11.2. The summed E-state index contributed by atoms with van der Waals surface area (Å²) in [5.74, 6) is -1.46. The van der Waals surface area contributed by atoms with E-state index >= 15 is 0 Å². The lowest BCUT2D eigenvalue weighted by molar-refractivity contribution is 0.0966. The Morgan fingerprint density at radius 1 is 1.15 bits per heavy atom. The van der Waals surface area contributed by atoms with Gasteiger partial charge >= 0.3 is 0 Å². The Balaban J connectivity index is 0.000000247. The van der Waals surface area contributed by atoms with Crippen LogP contribution in [0.1, 0.15) is 20.8 Å². The number of nitrogens with two attached hydrogens (primary N) is 2. The highest BCUT2D eigenvalue weighted by Crippen LogP contribution is 2.19. The van der Waals surface area contributed by atoms with Crippen LogP contribution in [0.3, 0.4) is 0 Å². The largest absolute Gasteiger partial charge is 0.365 e. The van der Waals surface area contributed by atoms with Crippen molar-refractivity contribution in [2.45, 2.75) is 0 Å². The van der Waals surface area contributed by atoms with Gasteiger partial charge in [0, 0.05) is 18.6 Å². The number of nitrogens with one attached hydrogen (secondary N) is 2. The van der Waals surface area contributed by atoms with Crippen LogP contribution in [-0.4, -0.2) is 31.8 Å². The van der Waals surface area contributed by atoms with Crippen molar-refractivity contribution in [2.24, 2.45) is 11.5 Å². The normalized spacial score (nSPS) is 9.80. The zero-order chi connectivity index (χ0) is 14.5. The molecule has 0 fully saturated rings. The Morgan fingerprint density at radius 2 is 1.95 bits per heavy atom. The van der Waals surface area contributed by atoms with Crippen LogP contribution >= 0.6 is 0 Å². The third kappa shape index (κ3) is 2.64. The van der Waals surface area contributed by atoms with E-state index in [9.17, 15) is 9.59 Å². The van der Waals surface area contributed by atoms with Crippen LogP contribution in [0.5, 0.6) is 0 Å². The average molecular weight is 272 g/mol. The molecule has 0 atom stereocenters. The highest BCUT2D eigenvalue weighted by molar-refractivity contribution is 6.13. The van der Waals surface area contributed by atoms with Crippen molar-refractivity contribution in [1.29, 1.82) is 0 Å². The number of H-pyrrole nitrogens is 2. The predicted molar refractivity (Wildman–Crippen MR) is 71.7 cm³/mol. The molecule has 0 saturated heterocycles. The van der Waals surface area contributed by atoms with E-state index in [1.807, 2.05) is 0 Å². The molecule has 8 nitrogen and oxygen atoms in total. The number of hydrogen-bond donors (Lipinski definition) is 4. The molecule has 2 amide bonds. The number of rotatable bonds is 2. The second kappa shape index (κ2) is 5.65. The number of hydrogen-bond acceptors (Lipinski definition) is 4. The first-order valence-electron chi connectivity index (χ1n) is 5.60. The van der Waals surface area contributed by atoms with Gasteiger partial charge in [0.05, 0.1) is 17.4 Å². The highest BCUT2D eigenvalue weighted by Gasteiger charge is 2.20. The van der Waals surface area contributed by atoms with E-state index in [2.05, 4.69) is 19.9 Å². The Hall–Kier alpha value is -3.16. The fourth-order valence-corrected chi connectivity index (χ4v) is 1.66. The fourth-order valence-electron chi connectivity index (χ4n) is 1.66. The van der Waals surface area contributed by atoms with Gasteiger partial charge in [-0.1, -0.05) is 0 Å². The molecule has 0 aliphatic heterocycles. The summed E-state index contributed by atoms with van der Waals surface area (Å²) < 4.78 is 0. The summed E-state index contributed by atoms with van der Waals surface area (Å²) in [5.41, 5.74) is 11.2. The average Bonchev–Trinajstić information content (AvgIpc) is 3.09. The van der Waals surface area contributed by atoms with Crippen LogP contribution in [0.25, 0.3) is 11.0 Å². The first kappa shape index (κ1) is 13.3. The SMILES string of the molecule is NC(=O)c1[nH]c2cccnc2c1C(N)=O.c1c[nH]cn1. The number of primary amides is 2. The molecular formula is C12H12N6O2. The molecule has 0 aliphatic carbocycles. The van der Waals surface area contributed by atoms with Gasteiger partial charge in [-0.25, -0.2) is 4.98 Å². The third-order valence-corrected chi connectivity index (χ3v) is 2.45. The summed E-state index contributed by atoms with van der Waals surface area (Å²) in [6.07, 6.45) is 6.59. The van der Waals surface area contributed by atoms with Crippen LogP contribution in [0.2, 0.25) is 0 Å². The quantitative estimate of drug-likeness (QED) is 0.527. The van der Waals surface area contributed by atoms with Gasteiger partial charge in [0.25, 0.3) is 11.8 Å². The smallest absolute Gasteiger partial charge is 0.266 e. The number of pyridine rings is 1. The molecule has 0 radical (unpaired) electrons. The molecule has 3 rings (SSSR count). The van der Waals surface area contributed by atoms with Crippen molar-refractivity contribution in [2.75, 3.05) is 0 Å². The molecule has 0 aromatic carbocycles. The second-order valence-electron chi connectivity index (χ2n) is 3.76. The van der Waals surface area contributed by atoms with Crippen molar-refractivity contribution in [1.82, 2.24) is 19.9 Å². The van der Waals surface area contributed by atoms with Gasteiger partial charge in [-0.3, -0.25) is 14.6 Å². The minimum absolute atomic E-state index is 0.00352. The van der Waals surface area contributed by atoms with Gasteiger partial charge in [-0.05, 0) is 12.1 Å². The zero-order valence-electron chi connectivity index (χ0n) is 10.3. The lowest BCUT2D eigenvalue weighted by atomic mass is 10.2. The van der Waals surface area contributed by atoms with Crippen molar-refractivity contribution >= 4 is 22.8 Å². The molecule has 0 unspecified atom stereocenters. The molecule has 0 saturated carbocycles. The maximum Gasteiger partial charge on any atom is 0.266 e. The van der Waals surface area contributed by atoms with Gasteiger partial charge < -0.3 is 21.4 Å². The Morgan fingerprint density at radius 3 is 2.45 bits per heavy atom. The van der Waals surface area contributed by atoms with Crippen molar-refractivity contribution in [3.05, 3.63) is 48.3 Å². The molecule has 3 aromatic rings. The summed E-state index contributed by atoms with van der Waals surface area (Å²) in [5, 5.41) is 0. The number of amides is 2. The van der Waals surface area contributed by atoms with E-state index in [0.717, 1.165) is 0 Å². The first-order chi connectivity index (χ1) is 9.61. The summed E-state index contributed by atoms with van der Waals surface area (Å²) in [7, 11) is 0. The van der Waals surface area contributed by atoms with E-state index in [1.165, 1.54) is 6.20 Å². The first-order valence-corrected chi connectivity index (χ1v) is 5.60. The molecule has 0 bridgehead atoms. The molecule has 20 heavy (non-hydrogen) atoms. The summed E-state index contributed by atoms with van der Waals surface area (Å²) >= 11 is 0. The fraction of sp³-hybridized carbons (Fsp3) is 0. The van der Waals surface area contributed by atoms with Gasteiger partial charge in [0.15, 0.2) is 0 Å². The van der Waals surface area contributed by atoms with Crippen LogP contribution in [0, 0.1) is 0 Å². The van der Waals surface area contributed by atoms with Gasteiger partial charge in [0.2, 0.25) is 0 Å². The Labute approximate surface area is 113 Å². The zero-order valence-corrected chi connectivity index (χ0v) is 10.3. The number of aromatic amines is 2. The van der Waals surface area contributed by atoms with Gasteiger partial charge in [-0.2, -0.15) is 0 Å². The van der Waals surface area contributed by atoms with E-state index in [1.54, 1.807) is 30.9 Å². The standard InChI is InChI=1S/C9H8N4O2.C3H4N2/c10-8(14)5-6-4(2-1-3-12-6)13-7(5)9(11)15;1-2-5-3-4-1/h1-3,13H,(H2,10,14)(H2,11,15);1-3H,(H,4,5). The van der Waals surface area contributed by atoms with Crippen LogP contribution in [0.15, 0.2) is 37.1 Å². The van der Waals surface area contributed by atoms with Crippen molar-refractivity contribution < 1.29 is 9.59 Å². The number of nitrogens with zero attached hydrogens (tertiary/aromatic N) is 2. The van der Waals surface area contributed by atoms with Crippen molar-refractivity contribution in [3.63, 3.8) is 0 Å². The maximum absolute atomic E-state index is 11.2. The molecular weight excluding hydrogens is 260 g/mol. The minimum atomic E-state index is -0.734. The topological polar surface area (TPSA) is 144 Å². The predicted octanol–water partition coefficient (Wildman–Crippen LogP) is 0.170. The molecule has 102 valence electrons. The number of carbonyl (C=O) groups is 2. The molecule has 0 aliphatic rings. The number of carbonyl (C=O) groups excluding carboxylic acids is 2. The number of fused-ring (bicyclic) bond motifs is 1. The van der Waals surface area contributed by atoms with E-state index in [4.69, 9.17) is 11.5 Å². The number of aromatic nitrogens is 4. The molecule has 8 heteroatoms. The monoisotopic (exact) mass is 272 g/mol. The second-order valence-corrected chi connectivity index (χ2v) is 3.76. The molecule has 6 N–H and O–H groups in total. The Bertz CT molecular complexity index is 714. The Kier molecular flexibility index (Phi) is 3.75. The lowest BCUT2D eigenvalue weighted by Gasteiger charge is -1.94. The van der Waals surface area contributed by atoms with E-state index in [-0.39, 0.29) is 11.3 Å². The summed E-state index contributed by atoms with van der Waals surface area (Å²) in [4.78, 5) is 35.3.